The van der Waals surface area contributed by atoms with Crippen LogP contribution in [0.5, 0.6) is 11.5 Å². The van der Waals surface area contributed by atoms with Crippen LogP contribution < -0.4 is 20.1 Å². The summed E-state index contributed by atoms with van der Waals surface area (Å²) in [5, 5.41) is 8.14. The summed E-state index contributed by atoms with van der Waals surface area (Å²) in [5.41, 5.74) is 2.67. The van der Waals surface area contributed by atoms with Crippen LogP contribution in [0.4, 0.5) is 9.93 Å². The van der Waals surface area contributed by atoms with Crippen molar-refractivity contribution < 1.29 is 14.3 Å². The van der Waals surface area contributed by atoms with E-state index in [-0.39, 0.29) is 12.1 Å². The monoisotopic (exact) mass is 383 g/mol. The van der Waals surface area contributed by atoms with Gasteiger partial charge in [0.25, 0.3) is 0 Å². The number of ether oxygens (including phenoxy) is 2. The molecule has 0 aliphatic rings. The molecule has 0 bridgehead atoms. The molecule has 140 valence electrons. The average Bonchev–Trinajstić information content (AvgIpc) is 3.16. The van der Waals surface area contributed by atoms with E-state index in [4.69, 9.17) is 9.47 Å². The summed E-state index contributed by atoms with van der Waals surface area (Å²) in [7, 11) is 3.20. The molecule has 6 nitrogen and oxygen atoms in total. The van der Waals surface area contributed by atoms with Gasteiger partial charge in [-0.1, -0.05) is 30.3 Å². The molecular weight excluding hydrogens is 362 g/mol. The summed E-state index contributed by atoms with van der Waals surface area (Å²) >= 11 is 1.38. The van der Waals surface area contributed by atoms with Gasteiger partial charge in [-0.15, -0.1) is 11.3 Å². The van der Waals surface area contributed by atoms with Crippen molar-refractivity contribution in [2.75, 3.05) is 19.5 Å². The summed E-state index contributed by atoms with van der Waals surface area (Å²) in [4.78, 5) is 16.8. The van der Waals surface area contributed by atoms with E-state index in [0.29, 0.717) is 16.6 Å². The Labute approximate surface area is 162 Å². The summed E-state index contributed by atoms with van der Waals surface area (Å²) in [5.74, 6) is 1.39. The SMILES string of the molecule is COc1ccc(OC)c(C(C)NC(=O)Nc2nc(-c3ccccc3)cs2)c1. The van der Waals surface area contributed by atoms with Crippen molar-refractivity contribution in [1.82, 2.24) is 10.3 Å². The maximum absolute atomic E-state index is 12.4. The van der Waals surface area contributed by atoms with Crippen molar-refractivity contribution in [3.8, 4) is 22.8 Å². The Morgan fingerprint density at radius 2 is 1.89 bits per heavy atom. The Morgan fingerprint density at radius 3 is 2.59 bits per heavy atom. The maximum Gasteiger partial charge on any atom is 0.321 e. The number of urea groups is 1. The van der Waals surface area contributed by atoms with Crippen LogP contribution in [-0.2, 0) is 0 Å². The predicted octanol–water partition coefficient (Wildman–Crippen LogP) is 4.71. The number of benzene rings is 2. The number of carbonyl (C=O) groups is 1. The highest BCUT2D eigenvalue weighted by molar-refractivity contribution is 7.14. The third-order valence-electron chi connectivity index (χ3n) is 4.05. The lowest BCUT2D eigenvalue weighted by atomic mass is 10.1. The number of amides is 2. The summed E-state index contributed by atoms with van der Waals surface area (Å²) in [6.07, 6.45) is 0. The molecule has 0 aliphatic carbocycles. The van der Waals surface area contributed by atoms with E-state index in [9.17, 15) is 4.79 Å². The molecule has 3 aromatic rings. The molecule has 0 aliphatic heterocycles. The fraction of sp³-hybridized carbons (Fsp3) is 0.200. The van der Waals surface area contributed by atoms with Crippen molar-refractivity contribution >= 4 is 22.5 Å². The van der Waals surface area contributed by atoms with Crippen molar-refractivity contribution in [3.05, 3.63) is 59.5 Å². The fourth-order valence-corrected chi connectivity index (χ4v) is 3.37. The number of methoxy groups -OCH3 is 2. The topological polar surface area (TPSA) is 72.5 Å². The van der Waals surface area contributed by atoms with Crippen molar-refractivity contribution in [3.63, 3.8) is 0 Å². The van der Waals surface area contributed by atoms with Gasteiger partial charge in [-0.2, -0.15) is 0 Å². The number of hydrogen-bond donors (Lipinski definition) is 2. The van der Waals surface area contributed by atoms with Gasteiger partial charge in [-0.3, -0.25) is 5.32 Å². The first-order valence-corrected chi connectivity index (χ1v) is 9.29. The minimum Gasteiger partial charge on any atom is -0.497 e. The number of nitrogens with one attached hydrogen (secondary N) is 2. The second-order valence-corrected chi connectivity index (χ2v) is 6.69. The van der Waals surface area contributed by atoms with Crippen LogP contribution in [0.3, 0.4) is 0 Å². The normalized spacial score (nSPS) is 11.5. The van der Waals surface area contributed by atoms with Crippen LogP contribution in [0.1, 0.15) is 18.5 Å². The van der Waals surface area contributed by atoms with E-state index in [1.807, 2.05) is 60.8 Å². The minimum absolute atomic E-state index is 0.274. The minimum atomic E-state index is -0.332. The zero-order chi connectivity index (χ0) is 19.2. The van der Waals surface area contributed by atoms with E-state index in [1.54, 1.807) is 14.2 Å². The van der Waals surface area contributed by atoms with Crippen LogP contribution in [-0.4, -0.2) is 25.2 Å². The standard InChI is InChI=1S/C20H21N3O3S/c1-13(16-11-15(25-2)9-10-18(16)26-3)21-19(24)23-20-22-17(12-27-20)14-7-5-4-6-8-14/h4-13H,1-3H3,(H2,21,22,23,24). The number of nitrogens with zero attached hydrogens (tertiary/aromatic N) is 1. The van der Waals surface area contributed by atoms with Gasteiger partial charge in [0.15, 0.2) is 5.13 Å². The Hall–Kier alpha value is -3.06. The molecule has 1 atom stereocenters. The van der Waals surface area contributed by atoms with Crippen LogP contribution >= 0.6 is 11.3 Å². The Bertz CT molecular complexity index is 912. The second kappa shape index (κ2) is 8.55. The molecule has 0 spiro atoms. The Balaban J connectivity index is 1.67. The van der Waals surface area contributed by atoms with E-state index in [1.165, 1.54) is 11.3 Å². The average molecular weight is 383 g/mol. The van der Waals surface area contributed by atoms with Gasteiger partial charge in [0, 0.05) is 16.5 Å². The van der Waals surface area contributed by atoms with Crippen LogP contribution in [0.25, 0.3) is 11.3 Å². The molecule has 2 N–H and O–H groups in total. The molecule has 2 amide bonds. The van der Waals surface area contributed by atoms with E-state index in [2.05, 4.69) is 15.6 Å². The van der Waals surface area contributed by atoms with Gasteiger partial charge < -0.3 is 14.8 Å². The molecule has 0 fully saturated rings. The predicted molar refractivity (Wildman–Crippen MR) is 108 cm³/mol. The lowest BCUT2D eigenvalue weighted by molar-refractivity contribution is 0.249. The van der Waals surface area contributed by atoms with Crippen LogP contribution in [0, 0.1) is 0 Å². The summed E-state index contributed by atoms with van der Waals surface area (Å²) in [6, 6.07) is 14.7. The van der Waals surface area contributed by atoms with Crippen LogP contribution in [0.2, 0.25) is 0 Å². The lowest BCUT2D eigenvalue weighted by Crippen LogP contribution is -2.31. The maximum atomic E-state index is 12.4. The third kappa shape index (κ3) is 4.57. The van der Waals surface area contributed by atoms with Gasteiger partial charge in [-0.25, -0.2) is 9.78 Å². The number of anilines is 1. The molecule has 2 aromatic carbocycles. The highest BCUT2D eigenvalue weighted by Gasteiger charge is 2.16. The first-order valence-electron chi connectivity index (χ1n) is 8.41. The Kier molecular flexibility index (Phi) is 5.93. The largest absolute Gasteiger partial charge is 0.497 e. The van der Waals surface area contributed by atoms with E-state index >= 15 is 0 Å². The molecule has 27 heavy (non-hydrogen) atoms. The van der Waals surface area contributed by atoms with Crippen molar-refractivity contribution in [2.45, 2.75) is 13.0 Å². The summed E-state index contributed by atoms with van der Waals surface area (Å²) in [6.45, 7) is 1.88. The second-order valence-electron chi connectivity index (χ2n) is 5.83. The van der Waals surface area contributed by atoms with E-state index < -0.39 is 0 Å². The molecule has 7 heteroatoms. The molecule has 1 unspecified atom stereocenters. The zero-order valence-electron chi connectivity index (χ0n) is 15.4. The quantitative estimate of drug-likeness (QED) is 0.647. The van der Waals surface area contributed by atoms with Gasteiger partial charge in [0.1, 0.15) is 11.5 Å². The molecular formula is C20H21N3O3S. The Morgan fingerprint density at radius 1 is 1.11 bits per heavy atom. The highest BCUT2D eigenvalue weighted by atomic mass is 32.1. The first-order chi connectivity index (χ1) is 13.1. The number of aromatic nitrogens is 1. The number of carbonyl (C=O) groups excluding carboxylic acids is 1. The number of rotatable bonds is 6. The summed E-state index contributed by atoms with van der Waals surface area (Å²) < 4.78 is 10.6. The van der Waals surface area contributed by atoms with Gasteiger partial charge in [-0.05, 0) is 25.1 Å². The number of hydrogen-bond acceptors (Lipinski definition) is 5. The van der Waals surface area contributed by atoms with Crippen molar-refractivity contribution in [1.29, 1.82) is 0 Å². The van der Waals surface area contributed by atoms with Crippen molar-refractivity contribution in [2.24, 2.45) is 0 Å². The molecule has 0 saturated carbocycles. The first kappa shape index (κ1) is 18.7. The third-order valence-corrected chi connectivity index (χ3v) is 4.80. The number of thiazole rings is 1. The van der Waals surface area contributed by atoms with Crippen LogP contribution in [0.15, 0.2) is 53.9 Å². The zero-order valence-corrected chi connectivity index (χ0v) is 16.2. The van der Waals surface area contributed by atoms with Gasteiger partial charge >= 0.3 is 6.03 Å². The molecule has 3 rings (SSSR count). The molecule has 0 radical (unpaired) electrons. The highest BCUT2D eigenvalue weighted by Crippen LogP contribution is 2.29. The lowest BCUT2D eigenvalue weighted by Gasteiger charge is -2.18. The van der Waals surface area contributed by atoms with Gasteiger partial charge in [0.2, 0.25) is 0 Å². The van der Waals surface area contributed by atoms with Gasteiger partial charge in [0.05, 0.1) is 26.0 Å². The smallest absolute Gasteiger partial charge is 0.321 e. The molecule has 1 heterocycles. The van der Waals surface area contributed by atoms with E-state index in [0.717, 1.165) is 16.8 Å². The fourth-order valence-electron chi connectivity index (χ4n) is 2.66. The molecule has 0 saturated heterocycles. The molecule has 1 aromatic heterocycles.